The number of hydrogen-bond donors (Lipinski definition) is 1. The summed E-state index contributed by atoms with van der Waals surface area (Å²) in [7, 11) is 0. The Bertz CT molecular complexity index is 1100. The van der Waals surface area contributed by atoms with Crippen molar-refractivity contribution in [2.75, 3.05) is 6.54 Å². The molecule has 1 atom stereocenters. The number of halogens is 1. The van der Waals surface area contributed by atoms with Crippen molar-refractivity contribution in [2.24, 2.45) is 0 Å². The van der Waals surface area contributed by atoms with Crippen LogP contribution in [0.15, 0.2) is 54.6 Å². The summed E-state index contributed by atoms with van der Waals surface area (Å²) in [6.07, 6.45) is 2.74. The molecule has 1 aromatic heterocycles. The molecule has 2 heterocycles. The van der Waals surface area contributed by atoms with E-state index in [-0.39, 0.29) is 23.4 Å². The van der Waals surface area contributed by atoms with Crippen molar-refractivity contribution in [3.8, 4) is 5.75 Å². The van der Waals surface area contributed by atoms with Crippen molar-refractivity contribution >= 4 is 34.8 Å². The van der Waals surface area contributed by atoms with E-state index in [1.807, 2.05) is 35.2 Å². The summed E-state index contributed by atoms with van der Waals surface area (Å²) in [5.41, 5.74) is 1.47. The minimum Gasteiger partial charge on any atom is -0.486 e. The first-order chi connectivity index (χ1) is 15.5. The van der Waals surface area contributed by atoms with E-state index in [0.717, 1.165) is 29.7 Å². The lowest BCUT2D eigenvalue weighted by atomic mass is 10.1. The number of hydrogen-bond acceptors (Lipinski definition) is 5. The fourth-order valence-electron chi connectivity index (χ4n) is 3.85. The fourth-order valence-corrected chi connectivity index (χ4v) is 5.09. The van der Waals surface area contributed by atoms with Gasteiger partial charge >= 0.3 is 5.97 Å². The number of benzene rings is 2. The van der Waals surface area contributed by atoms with Gasteiger partial charge in [-0.25, -0.2) is 9.78 Å². The molecule has 1 aliphatic rings. The van der Waals surface area contributed by atoms with Gasteiger partial charge in [-0.15, -0.1) is 11.3 Å². The number of aromatic nitrogens is 1. The van der Waals surface area contributed by atoms with E-state index >= 15 is 0 Å². The number of aryl methyl sites for hydroxylation is 1. The van der Waals surface area contributed by atoms with Crippen LogP contribution in [0.3, 0.4) is 0 Å². The highest BCUT2D eigenvalue weighted by Gasteiger charge is 2.33. The molecule has 0 spiro atoms. The number of ether oxygens (including phenoxy) is 1. The summed E-state index contributed by atoms with van der Waals surface area (Å²) in [5.74, 6) is -0.512. The standard InChI is InChI=1S/C24H23ClN2O4S/c25-17-9-4-5-11-20(17)31-15-18-22(24(29)30)32-23(26-18)19-10-6-14-27(19)21(28)13-12-16-7-2-1-3-8-16/h1-5,7-9,11,19H,6,10,12-15H2,(H,29,30). The second-order valence-electron chi connectivity index (χ2n) is 7.58. The van der Waals surface area contributed by atoms with E-state index in [1.165, 1.54) is 0 Å². The maximum atomic E-state index is 12.9. The lowest BCUT2D eigenvalue weighted by Gasteiger charge is -2.23. The molecule has 0 aliphatic carbocycles. The number of likely N-dealkylation sites (tertiary alicyclic amines) is 1. The van der Waals surface area contributed by atoms with Crippen LogP contribution in [0.2, 0.25) is 5.02 Å². The Hall–Kier alpha value is -2.90. The Morgan fingerprint density at radius 1 is 1.16 bits per heavy atom. The zero-order chi connectivity index (χ0) is 22.5. The predicted octanol–water partition coefficient (Wildman–Crippen LogP) is 5.37. The van der Waals surface area contributed by atoms with Gasteiger partial charge in [0.1, 0.15) is 27.9 Å². The van der Waals surface area contributed by atoms with Crippen LogP contribution >= 0.6 is 22.9 Å². The number of carboxylic acids is 1. The maximum Gasteiger partial charge on any atom is 0.347 e. The van der Waals surface area contributed by atoms with E-state index in [9.17, 15) is 14.7 Å². The number of carbonyl (C=O) groups excluding carboxylic acids is 1. The first-order valence-electron chi connectivity index (χ1n) is 10.5. The second kappa shape index (κ2) is 10.1. The summed E-state index contributed by atoms with van der Waals surface area (Å²) in [5, 5.41) is 10.8. The number of para-hydroxylation sites is 1. The van der Waals surface area contributed by atoms with Crippen molar-refractivity contribution in [1.82, 2.24) is 9.88 Å². The molecule has 1 unspecified atom stereocenters. The van der Waals surface area contributed by atoms with Crippen LogP contribution in [0.5, 0.6) is 5.75 Å². The van der Waals surface area contributed by atoms with Gasteiger partial charge in [0.25, 0.3) is 0 Å². The van der Waals surface area contributed by atoms with Gasteiger partial charge in [0.2, 0.25) is 5.91 Å². The number of amides is 1. The molecule has 1 N–H and O–H groups in total. The fraction of sp³-hybridized carbons (Fsp3) is 0.292. The minimum absolute atomic E-state index is 0.00343. The van der Waals surface area contributed by atoms with Crippen molar-refractivity contribution in [3.63, 3.8) is 0 Å². The average molecular weight is 471 g/mol. The third-order valence-corrected chi connectivity index (χ3v) is 6.94. The van der Waals surface area contributed by atoms with Gasteiger partial charge in [-0.3, -0.25) is 4.79 Å². The summed E-state index contributed by atoms with van der Waals surface area (Å²) < 4.78 is 5.72. The highest BCUT2D eigenvalue weighted by atomic mass is 35.5. The zero-order valence-corrected chi connectivity index (χ0v) is 18.9. The molecule has 4 rings (SSSR count). The van der Waals surface area contributed by atoms with Crippen LogP contribution in [0, 0.1) is 0 Å². The third-order valence-electron chi connectivity index (χ3n) is 5.44. The number of carbonyl (C=O) groups is 2. The van der Waals surface area contributed by atoms with Crippen LogP contribution in [0.1, 0.15) is 51.2 Å². The van der Waals surface area contributed by atoms with Gasteiger partial charge in [0, 0.05) is 13.0 Å². The van der Waals surface area contributed by atoms with Gasteiger partial charge in [0.05, 0.1) is 11.1 Å². The molecule has 2 aromatic carbocycles. The molecule has 32 heavy (non-hydrogen) atoms. The Kier molecular flexibility index (Phi) is 7.07. The molecule has 8 heteroatoms. The Labute approximate surface area is 195 Å². The molecular weight excluding hydrogens is 448 g/mol. The number of nitrogens with zero attached hydrogens (tertiary/aromatic N) is 2. The van der Waals surface area contributed by atoms with E-state index < -0.39 is 5.97 Å². The molecule has 0 bridgehead atoms. The lowest BCUT2D eigenvalue weighted by Crippen LogP contribution is -2.30. The molecule has 6 nitrogen and oxygen atoms in total. The number of thiazole rings is 1. The van der Waals surface area contributed by atoms with Crippen molar-refractivity contribution < 1.29 is 19.4 Å². The Morgan fingerprint density at radius 2 is 1.91 bits per heavy atom. The van der Waals surface area contributed by atoms with Crippen LogP contribution in [0.4, 0.5) is 0 Å². The third kappa shape index (κ3) is 5.11. The first kappa shape index (κ1) is 22.3. The van der Waals surface area contributed by atoms with Crippen LogP contribution in [-0.2, 0) is 17.8 Å². The highest BCUT2D eigenvalue weighted by molar-refractivity contribution is 7.13. The second-order valence-corrected chi connectivity index (χ2v) is 9.02. The zero-order valence-electron chi connectivity index (χ0n) is 17.4. The smallest absolute Gasteiger partial charge is 0.347 e. The van der Waals surface area contributed by atoms with E-state index in [0.29, 0.717) is 40.9 Å². The normalized spacial score (nSPS) is 15.7. The summed E-state index contributed by atoms with van der Waals surface area (Å²) in [6, 6.07) is 16.7. The molecule has 3 aromatic rings. The molecule has 1 fully saturated rings. The lowest BCUT2D eigenvalue weighted by molar-refractivity contribution is -0.132. The predicted molar refractivity (Wildman–Crippen MR) is 123 cm³/mol. The molecule has 1 saturated heterocycles. The van der Waals surface area contributed by atoms with Crippen LogP contribution in [-0.4, -0.2) is 33.4 Å². The number of rotatable bonds is 8. The van der Waals surface area contributed by atoms with Gasteiger partial charge in [-0.2, -0.15) is 0 Å². The average Bonchev–Trinajstić information content (AvgIpc) is 3.45. The molecule has 0 radical (unpaired) electrons. The van der Waals surface area contributed by atoms with Crippen LogP contribution < -0.4 is 4.74 Å². The SMILES string of the molecule is O=C(O)c1sc(C2CCCN2C(=O)CCc2ccccc2)nc1COc1ccccc1Cl. The minimum atomic E-state index is -1.05. The van der Waals surface area contributed by atoms with E-state index in [1.54, 1.807) is 24.3 Å². The summed E-state index contributed by atoms with van der Waals surface area (Å²) in [4.78, 5) is 31.3. The van der Waals surface area contributed by atoms with Gasteiger partial charge in [0.15, 0.2) is 0 Å². The Balaban J connectivity index is 1.48. The van der Waals surface area contributed by atoms with E-state index in [2.05, 4.69) is 4.98 Å². The first-order valence-corrected chi connectivity index (χ1v) is 11.7. The topological polar surface area (TPSA) is 79.7 Å². The quantitative estimate of drug-likeness (QED) is 0.478. The molecule has 166 valence electrons. The van der Waals surface area contributed by atoms with Crippen molar-refractivity contribution in [3.05, 3.63) is 80.8 Å². The monoisotopic (exact) mass is 470 g/mol. The van der Waals surface area contributed by atoms with Crippen LogP contribution in [0.25, 0.3) is 0 Å². The van der Waals surface area contributed by atoms with Gasteiger partial charge in [-0.05, 0) is 37.0 Å². The molecule has 1 aliphatic heterocycles. The maximum absolute atomic E-state index is 12.9. The largest absolute Gasteiger partial charge is 0.486 e. The van der Waals surface area contributed by atoms with Crippen molar-refractivity contribution in [2.45, 2.75) is 38.3 Å². The van der Waals surface area contributed by atoms with E-state index in [4.69, 9.17) is 16.3 Å². The number of carboxylic acid groups (broad SMARTS) is 1. The summed E-state index contributed by atoms with van der Waals surface area (Å²) >= 11 is 7.25. The molecular formula is C24H23ClN2O4S. The van der Waals surface area contributed by atoms with Gasteiger partial charge < -0.3 is 14.7 Å². The highest BCUT2D eigenvalue weighted by Crippen LogP contribution is 2.36. The molecule has 1 amide bonds. The van der Waals surface area contributed by atoms with Crippen molar-refractivity contribution in [1.29, 1.82) is 0 Å². The summed E-state index contributed by atoms with van der Waals surface area (Å²) in [6.45, 7) is 0.655. The molecule has 0 saturated carbocycles. The Morgan fingerprint density at radius 3 is 2.66 bits per heavy atom. The van der Waals surface area contributed by atoms with Gasteiger partial charge in [-0.1, -0.05) is 54.1 Å². The number of aromatic carboxylic acids is 1.